The van der Waals surface area contributed by atoms with Gasteiger partial charge < -0.3 is 19.9 Å². The van der Waals surface area contributed by atoms with Gasteiger partial charge in [0.1, 0.15) is 17.5 Å². The maximum absolute atomic E-state index is 13.7. The number of aromatic nitrogens is 2. The molecule has 35 heavy (non-hydrogen) atoms. The Bertz CT molecular complexity index is 1290. The summed E-state index contributed by atoms with van der Waals surface area (Å²) in [6.07, 6.45) is 1.03. The normalized spacial score (nSPS) is 15.3. The van der Waals surface area contributed by atoms with Gasteiger partial charge in [-0.05, 0) is 35.9 Å². The fourth-order valence-corrected chi connectivity index (χ4v) is 4.43. The number of halogens is 1. The molecule has 8 nitrogen and oxygen atoms in total. The molecule has 0 saturated carbocycles. The highest BCUT2D eigenvalue weighted by atomic mass is 19.1. The Balaban J connectivity index is 1.41. The van der Waals surface area contributed by atoms with E-state index in [-0.39, 0.29) is 11.8 Å². The van der Waals surface area contributed by atoms with Crippen molar-refractivity contribution in [2.45, 2.75) is 19.4 Å². The number of morpholine rings is 1. The Morgan fingerprint density at radius 2 is 1.94 bits per heavy atom. The Kier molecular flexibility index (Phi) is 6.55. The van der Waals surface area contributed by atoms with Crippen LogP contribution in [0.1, 0.15) is 28.2 Å². The largest absolute Gasteiger partial charge is 0.378 e. The molecule has 2 aromatic carbocycles. The van der Waals surface area contributed by atoms with Gasteiger partial charge in [0.15, 0.2) is 0 Å². The smallest absolute Gasteiger partial charge is 0.322 e. The van der Waals surface area contributed by atoms with E-state index in [0.29, 0.717) is 69.3 Å². The lowest BCUT2D eigenvalue weighted by Gasteiger charge is -2.34. The van der Waals surface area contributed by atoms with Crippen LogP contribution in [0.3, 0.4) is 0 Å². The number of amides is 2. The van der Waals surface area contributed by atoms with Gasteiger partial charge in [-0.15, -0.1) is 0 Å². The van der Waals surface area contributed by atoms with Gasteiger partial charge in [0.05, 0.1) is 37.1 Å². The number of carbonyl (C=O) groups is 1. The number of fused-ring (bicyclic) bond motifs is 1. The number of rotatable bonds is 4. The van der Waals surface area contributed by atoms with E-state index in [2.05, 4.69) is 16.3 Å². The van der Waals surface area contributed by atoms with Gasteiger partial charge in [-0.1, -0.05) is 18.2 Å². The molecule has 2 aliphatic rings. The average molecular weight is 473 g/mol. The predicted octanol–water partition coefficient (Wildman–Crippen LogP) is 3.50. The molecule has 9 heteroatoms. The number of nitrogens with zero attached hydrogens (tertiary/aromatic N) is 5. The van der Waals surface area contributed by atoms with Crippen molar-refractivity contribution in [3.05, 3.63) is 82.6 Å². The molecule has 0 bridgehead atoms. The minimum atomic E-state index is -0.282. The molecule has 1 fully saturated rings. The summed E-state index contributed by atoms with van der Waals surface area (Å²) >= 11 is 0. The van der Waals surface area contributed by atoms with Crippen molar-refractivity contribution in [2.24, 2.45) is 0 Å². The number of benzene rings is 2. The summed E-state index contributed by atoms with van der Waals surface area (Å²) in [6, 6.07) is 15.2. The Labute approximate surface area is 203 Å². The first-order valence-corrected chi connectivity index (χ1v) is 11.6. The number of urea groups is 1. The average Bonchev–Trinajstić information content (AvgIpc) is 2.88. The van der Waals surface area contributed by atoms with Gasteiger partial charge in [-0.2, -0.15) is 5.26 Å². The molecule has 2 aliphatic heterocycles. The summed E-state index contributed by atoms with van der Waals surface area (Å²) in [4.78, 5) is 26.6. The number of ether oxygens (including phenoxy) is 1. The Morgan fingerprint density at radius 1 is 1.11 bits per heavy atom. The fourth-order valence-electron chi connectivity index (χ4n) is 4.43. The first kappa shape index (κ1) is 22.7. The van der Waals surface area contributed by atoms with Crippen LogP contribution in [-0.2, 0) is 24.1 Å². The predicted molar refractivity (Wildman–Crippen MR) is 129 cm³/mol. The highest BCUT2D eigenvalue weighted by Crippen LogP contribution is 2.28. The maximum atomic E-state index is 13.7. The van der Waals surface area contributed by atoms with Gasteiger partial charge >= 0.3 is 6.03 Å². The fraction of sp³-hybridized carbons (Fsp3) is 0.308. The molecule has 178 valence electrons. The van der Waals surface area contributed by atoms with Crippen LogP contribution >= 0.6 is 0 Å². The summed E-state index contributed by atoms with van der Waals surface area (Å²) in [5.41, 5.74) is 3.73. The number of nitrogens with one attached hydrogen (secondary N) is 1. The third kappa shape index (κ3) is 5.23. The van der Waals surface area contributed by atoms with Gasteiger partial charge in [0, 0.05) is 43.7 Å². The van der Waals surface area contributed by atoms with Crippen LogP contribution in [-0.4, -0.2) is 53.7 Å². The van der Waals surface area contributed by atoms with Crippen molar-refractivity contribution in [1.29, 1.82) is 5.26 Å². The molecule has 5 rings (SSSR count). The van der Waals surface area contributed by atoms with E-state index in [0.717, 1.165) is 22.6 Å². The summed E-state index contributed by atoms with van der Waals surface area (Å²) in [7, 11) is 0. The van der Waals surface area contributed by atoms with E-state index in [1.165, 1.54) is 12.1 Å². The molecule has 0 aliphatic carbocycles. The van der Waals surface area contributed by atoms with E-state index < -0.39 is 0 Å². The lowest BCUT2D eigenvalue weighted by molar-refractivity contribution is 0.122. The third-order valence-corrected chi connectivity index (χ3v) is 6.18. The molecule has 1 N–H and O–H groups in total. The monoisotopic (exact) mass is 472 g/mol. The standard InChI is InChI=1S/C26H25FN6O2/c27-20-5-1-3-18(13-20)15-24-30-23-7-8-33(26(34)29-21-6-2-4-19(14-21)16-28)17-22(23)25(31-24)32-9-11-35-12-10-32/h1-6,13-14H,7-12,15,17H2,(H,29,34). The number of hydrogen-bond acceptors (Lipinski definition) is 6. The number of carbonyl (C=O) groups excluding carboxylic acids is 1. The molecule has 0 atom stereocenters. The van der Waals surface area contributed by atoms with Crippen molar-refractivity contribution in [3.8, 4) is 6.07 Å². The minimum absolute atomic E-state index is 0.234. The second-order valence-corrected chi connectivity index (χ2v) is 8.59. The zero-order valence-corrected chi connectivity index (χ0v) is 19.2. The van der Waals surface area contributed by atoms with Crippen LogP contribution in [0.25, 0.3) is 0 Å². The SMILES string of the molecule is N#Cc1cccc(NC(=O)N2CCc3nc(Cc4cccc(F)c4)nc(N4CCOCC4)c3C2)c1. The Hall–Kier alpha value is -4.03. The second-order valence-electron chi connectivity index (χ2n) is 8.59. The molecule has 0 spiro atoms. The highest BCUT2D eigenvalue weighted by molar-refractivity contribution is 5.89. The topological polar surface area (TPSA) is 94.4 Å². The van der Waals surface area contributed by atoms with Crippen LogP contribution < -0.4 is 10.2 Å². The third-order valence-electron chi connectivity index (χ3n) is 6.18. The molecule has 3 aromatic rings. The summed E-state index contributed by atoms with van der Waals surface area (Å²) < 4.78 is 19.2. The molecular weight excluding hydrogens is 447 g/mol. The van der Waals surface area contributed by atoms with E-state index in [1.807, 2.05) is 6.07 Å². The number of hydrogen-bond donors (Lipinski definition) is 1. The molecule has 0 radical (unpaired) electrons. The van der Waals surface area contributed by atoms with E-state index in [9.17, 15) is 9.18 Å². The van der Waals surface area contributed by atoms with Crippen LogP contribution in [0, 0.1) is 17.1 Å². The minimum Gasteiger partial charge on any atom is -0.378 e. The molecule has 1 aromatic heterocycles. The lowest BCUT2D eigenvalue weighted by Crippen LogP contribution is -2.42. The maximum Gasteiger partial charge on any atom is 0.322 e. The van der Waals surface area contributed by atoms with Crippen molar-refractivity contribution in [3.63, 3.8) is 0 Å². The zero-order valence-electron chi connectivity index (χ0n) is 19.2. The summed E-state index contributed by atoms with van der Waals surface area (Å²) in [6.45, 7) is 3.52. The van der Waals surface area contributed by atoms with Gasteiger partial charge in [-0.3, -0.25) is 0 Å². The van der Waals surface area contributed by atoms with Crippen LogP contribution in [0.5, 0.6) is 0 Å². The summed E-state index contributed by atoms with van der Waals surface area (Å²) in [5, 5.41) is 12.0. The molecule has 0 unspecified atom stereocenters. The van der Waals surface area contributed by atoms with E-state index in [1.54, 1.807) is 35.2 Å². The first-order chi connectivity index (χ1) is 17.1. The molecule has 3 heterocycles. The lowest BCUT2D eigenvalue weighted by atomic mass is 10.0. The molecule has 1 saturated heterocycles. The van der Waals surface area contributed by atoms with Crippen LogP contribution in [0.4, 0.5) is 20.7 Å². The second kappa shape index (κ2) is 10.1. The van der Waals surface area contributed by atoms with Crippen molar-refractivity contribution in [2.75, 3.05) is 43.1 Å². The quantitative estimate of drug-likeness (QED) is 0.625. The Morgan fingerprint density at radius 3 is 2.74 bits per heavy atom. The van der Waals surface area contributed by atoms with Crippen molar-refractivity contribution in [1.82, 2.24) is 14.9 Å². The van der Waals surface area contributed by atoms with Crippen molar-refractivity contribution >= 4 is 17.5 Å². The van der Waals surface area contributed by atoms with E-state index in [4.69, 9.17) is 20.0 Å². The summed E-state index contributed by atoms with van der Waals surface area (Å²) in [5.74, 6) is 1.17. The van der Waals surface area contributed by atoms with E-state index >= 15 is 0 Å². The number of anilines is 2. The van der Waals surface area contributed by atoms with Crippen LogP contribution in [0.2, 0.25) is 0 Å². The van der Waals surface area contributed by atoms with Gasteiger partial charge in [0.25, 0.3) is 0 Å². The van der Waals surface area contributed by atoms with Gasteiger partial charge in [-0.25, -0.2) is 19.2 Å². The number of nitriles is 1. The molecule has 2 amide bonds. The van der Waals surface area contributed by atoms with Crippen molar-refractivity contribution < 1.29 is 13.9 Å². The van der Waals surface area contributed by atoms with Crippen LogP contribution in [0.15, 0.2) is 48.5 Å². The van der Waals surface area contributed by atoms with Gasteiger partial charge in [0.2, 0.25) is 0 Å². The zero-order chi connectivity index (χ0) is 24.2. The first-order valence-electron chi connectivity index (χ1n) is 11.6. The highest BCUT2D eigenvalue weighted by Gasteiger charge is 2.28. The molecular formula is C26H25FN6O2.